The van der Waals surface area contributed by atoms with E-state index in [1.807, 2.05) is 0 Å². The van der Waals surface area contributed by atoms with Crippen LogP contribution in [0, 0.1) is 0 Å². The van der Waals surface area contributed by atoms with E-state index in [1.165, 1.54) is 0 Å². The summed E-state index contributed by atoms with van der Waals surface area (Å²) in [5.41, 5.74) is 7.08. The average Bonchev–Trinajstić information content (AvgIpc) is 2.89. The Morgan fingerprint density at radius 1 is 1.29 bits per heavy atom. The maximum Gasteiger partial charge on any atom is 0.257 e. The maximum atomic E-state index is 12.3. The summed E-state index contributed by atoms with van der Waals surface area (Å²) in [5.74, 6) is 0.748. The van der Waals surface area contributed by atoms with Gasteiger partial charge in [-0.1, -0.05) is 17.7 Å². The molecule has 1 heterocycles. The fraction of sp³-hybridized carbons (Fsp3) is 0.0714. The van der Waals surface area contributed by atoms with Crippen molar-refractivity contribution in [2.45, 2.75) is 0 Å². The SMILES string of the molecule is Nc1cc2c(cc1NC(=O)c1cccc(Br)c1Cl)OCO2. The zero-order valence-corrected chi connectivity index (χ0v) is 13.0. The van der Waals surface area contributed by atoms with Crippen molar-refractivity contribution < 1.29 is 14.3 Å². The van der Waals surface area contributed by atoms with Gasteiger partial charge in [-0.15, -0.1) is 0 Å². The third-order valence-electron chi connectivity index (χ3n) is 2.99. The van der Waals surface area contributed by atoms with Crippen LogP contribution in [-0.4, -0.2) is 12.7 Å². The molecule has 0 atom stereocenters. The molecule has 2 aromatic rings. The molecule has 0 bridgehead atoms. The van der Waals surface area contributed by atoms with Crippen molar-refractivity contribution in [3.63, 3.8) is 0 Å². The van der Waals surface area contributed by atoms with Crippen molar-refractivity contribution in [3.05, 3.63) is 45.4 Å². The third kappa shape index (κ3) is 2.64. The molecular weight excluding hydrogens is 360 g/mol. The molecule has 3 rings (SSSR count). The number of carbonyl (C=O) groups is 1. The molecule has 1 amide bonds. The number of rotatable bonds is 2. The highest BCUT2D eigenvalue weighted by Crippen LogP contribution is 2.38. The lowest BCUT2D eigenvalue weighted by Gasteiger charge is -2.10. The average molecular weight is 370 g/mol. The number of ether oxygens (including phenoxy) is 2. The van der Waals surface area contributed by atoms with Crippen LogP contribution < -0.4 is 20.5 Å². The van der Waals surface area contributed by atoms with Crippen molar-refractivity contribution in [2.75, 3.05) is 17.8 Å². The van der Waals surface area contributed by atoms with Crippen LogP contribution in [0.15, 0.2) is 34.8 Å². The van der Waals surface area contributed by atoms with Crippen LogP contribution in [0.2, 0.25) is 5.02 Å². The molecule has 0 radical (unpaired) electrons. The molecule has 21 heavy (non-hydrogen) atoms. The smallest absolute Gasteiger partial charge is 0.257 e. The zero-order chi connectivity index (χ0) is 15.0. The number of amides is 1. The molecule has 108 valence electrons. The Balaban J connectivity index is 1.90. The van der Waals surface area contributed by atoms with Gasteiger partial charge in [0.2, 0.25) is 6.79 Å². The van der Waals surface area contributed by atoms with Crippen LogP contribution in [0.5, 0.6) is 11.5 Å². The summed E-state index contributed by atoms with van der Waals surface area (Å²) in [6.07, 6.45) is 0. The van der Waals surface area contributed by atoms with Gasteiger partial charge in [-0.25, -0.2) is 0 Å². The van der Waals surface area contributed by atoms with E-state index in [4.69, 9.17) is 26.8 Å². The fourth-order valence-corrected chi connectivity index (χ4v) is 2.51. The number of benzene rings is 2. The van der Waals surface area contributed by atoms with E-state index in [0.717, 1.165) is 0 Å². The standard InChI is InChI=1S/C14H10BrClN2O3/c15-8-3-1-2-7(13(8)16)14(19)18-10-5-12-11(4-9(10)17)20-6-21-12/h1-5H,6,17H2,(H,18,19). The van der Waals surface area contributed by atoms with E-state index in [9.17, 15) is 4.79 Å². The van der Waals surface area contributed by atoms with Crippen molar-refractivity contribution in [1.82, 2.24) is 0 Å². The molecule has 3 N–H and O–H groups in total. The molecule has 5 nitrogen and oxygen atoms in total. The van der Waals surface area contributed by atoms with Crippen molar-refractivity contribution in [3.8, 4) is 11.5 Å². The Hall–Kier alpha value is -1.92. The summed E-state index contributed by atoms with van der Waals surface area (Å²) < 4.78 is 11.1. The van der Waals surface area contributed by atoms with Gasteiger partial charge < -0.3 is 20.5 Å². The van der Waals surface area contributed by atoms with Gasteiger partial charge in [-0.2, -0.15) is 0 Å². The molecule has 7 heteroatoms. The van der Waals surface area contributed by atoms with E-state index in [1.54, 1.807) is 30.3 Å². The Kier molecular flexibility index (Phi) is 3.65. The number of halogens is 2. The molecule has 0 spiro atoms. The van der Waals surface area contributed by atoms with E-state index in [-0.39, 0.29) is 12.7 Å². The number of nitrogens with two attached hydrogens (primary N) is 1. The second kappa shape index (κ2) is 5.46. The predicted octanol–water partition coefficient (Wildman–Crippen LogP) is 3.67. The molecule has 0 aliphatic carbocycles. The fourth-order valence-electron chi connectivity index (χ4n) is 1.93. The van der Waals surface area contributed by atoms with Crippen molar-refractivity contribution in [1.29, 1.82) is 0 Å². The first-order valence-corrected chi connectivity index (χ1v) is 7.18. The molecule has 0 saturated heterocycles. The van der Waals surface area contributed by atoms with Crippen LogP contribution in [-0.2, 0) is 0 Å². The molecule has 1 aliphatic heterocycles. The first kappa shape index (κ1) is 14.0. The molecule has 0 aromatic heterocycles. The second-order valence-corrected chi connectivity index (χ2v) is 5.58. The molecule has 0 unspecified atom stereocenters. The van der Waals surface area contributed by atoms with Crippen molar-refractivity contribution >= 4 is 44.8 Å². The maximum absolute atomic E-state index is 12.3. The van der Waals surface area contributed by atoms with Crippen molar-refractivity contribution in [2.24, 2.45) is 0 Å². The van der Waals surface area contributed by atoms with Gasteiger partial charge in [0, 0.05) is 16.6 Å². The minimum Gasteiger partial charge on any atom is -0.454 e. The van der Waals surface area contributed by atoms with Gasteiger partial charge >= 0.3 is 0 Å². The van der Waals surface area contributed by atoms with E-state index in [2.05, 4.69) is 21.2 Å². The number of fused-ring (bicyclic) bond motifs is 1. The quantitative estimate of drug-likeness (QED) is 0.792. The minimum absolute atomic E-state index is 0.142. The van der Waals surface area contributed by atoms with Crippen LogP contribution in [0.1, 0.15) is 10.4 Å². The largest absolute Gasteiger partial charge is 0.454 e. The summed E-state index contributed by atoms with van der Waals surface area (Å²) in [4.78, 5) is 12.3. The summed E-state index contributed by atoms with van der Waals surface area (Å²) in [5, 5.41) is 3.06. The highest BCUT2D eigenvalue weighted by Gasteiger charge is 2.19. The van der Waals surface area contributed by atoms with E-state index < -0.39 is 0 Å². The van der Waals surface area contributed by atoms with Gasteiger partial charge in [0.25, 0.3) is 5.91 Å². The van der Waals surface area contributed by atoms with Gasteiger partial charge in [-0.05, 0) is 28.1 Å². The monoisotopic (exact) mass is 368 g/mol. The van der Waals surface area contributed by atoms with Crippen LogP contribution in [0.25, 0.3) is 0 Å². The second-order valence-electron chi connectivity index (χ2n) is 4.35. The van der Waals surface area contributed by atoms with Crippen LogP contribution >= 0.6 is 27.5 Å². The Bertz CT molecular complexity index is 736. The van der Waals surface area contributed by atoms with Crippen LogP contribution in [0.3, 0.4) is 0 Å². The molecule has 1 aliphatic rings. The van der Waals surface area contributed by atoms with Gasteiger partial charge in [-0.3, -0.25) is 4.79 Å². The highest BCUT2D eigenvalue weighted by atomic mass is 79.9. The summed E-state index contributed by atoms with van der Waals surface area (Å²) >= 11 is 9.39. The Morgan fingerprint density at radius 2 is 2.00 bits per heavy atom. The first-order chi connectivity index (χ1) is 10.1. The Labute approximate surface area is 134 Å². The number of hydrogen-bond acceptors (Lipinski definition) is 4. The highest BCUT2D eigenvalue weighted by molar-refractivity contribution is 9.10. The molecule has 0 fully saturated rings. The number of carbonyl (C=O) groups excluding carboxylic acids is 1. The number of nitrogens with one attached hydrogen (secondary N) is 1. The molecular formula is C14H10BrClN2O3. The normalized spacial score (nSPS) is 12.3. The zero-order valence-electron chi connectivity index (χ0n) is 10.7. The summed E-state index contributed by atoms with van der Waals surface area (Å²) in [7, 11) is 0. The minimum atomic E-state index is -0.355. The van der Waals surface area contributed by atoms with Gasteiger partial charge in [0.05, 0.1) is 22.0 Å². The predicted molar refractivity (Wildman–Crippen MR) is 84.1 cm³/mol. The first-order valence-electron chi connectivity index (χ1n) is 6.01. The lowest BCUT2D eigenvalue weighted by atomic mass is 10.2. The lowest BCUT2D eigenvalue weighted by molar-refractivity contribution is 0.102. The Morgan fingerprint density at radius 3 is 2.76 bits per heavy atom. The van der Waals surface area contributed by atoms with E-state index in [0.29, 0.717) is 37.9 Å². The lowest BCUT2D eigenvalue weighted by Crippen LogP contribution is -2.13. The number of nitrogen functional groups attached to an aromatic ring is 1. The summed E-state index contributed by atoms with van der Waals surface area (Å²) in [6.45, 7) is 0.142. The number of hydrogen-bond donors (Lipinski definition) is 2. The third-order valence-corrected chi connectivity index (χ3v) is 4.29. The van der Waals surface area contributed by atoms with Crippen LogP contribution in [0.4, 0.5) is 11.4 Å². The number of anilines is 2. The molecule has 2 aromatic carbocycles. The van der Waals surface area contributed by atoms with Gasteiger partial charge in [0.15, 0.2) is 11.5 Å². The molecule has 0 saturated carbocycles. The summed E-state index contributed by atoms with van der Waals surface area (Å²) in [6, 6.07) is 8.36. The van der Waals surface area contributed by atoms with Gasteiger partial charge in [0.1, 0.15) is 0 Å². The van der Waals surface area contributed by atoms with E-state index >= 15 is 0 Å². The topological polar surface area (TPSA) is 73.6 Å².